The summed E-state index contributed by atoms with van der Waals surface area (Å²) in [7, 11) is -3.37. The highest BCUT2D eigenvalue weighted by Gasteiger charge is 2.26. The summed E-state index contributed by atoms with van der Waals surface area (Å²) in [6.07, 6.45) is 2.03. The molecular weight excluding hydrogens is 276 g/mol. The minimum Gasteiger partial charge on any atom is -0.492 e. The molecule has 0 amide bonds. The highest BCUT2D eigenvalue weighted by Crippen LogP contribution is 2.17. The second-order valence-electron chi connectivity index (χ2n) is 5.17. The van der Waals surface area contributed by atoms with Crippen molar-refractivity contribution in [2.45, 2.75) is 19.8 Å². The van der Waals surface area contributed by atoms with E-state index < -0.39 is 10.2 Å². The normalized spacial score (nSPS) is 20.8. The molecule has 0 aromatic heterocycles. The Morgan fingerprint density at radius 2 is 2.10 bits per heavy atom. The lowest BCUT2D eigenvalue weighted by Crippen LogP contribution is -2.46. The Bertz CT molecular complexity index is 504. The molecule has 1 N–H and O–H groups in total. The van der Waals surface area contributed by atoms with Crippen LogP contribution in [0.5, 0.6) is 5.75 Å². The van der Waals surface area contributed by atoms with Crippen LogP contribution in [0.2, 0.25) is 0 Å². The Morgan fingerprint density at radius 3 is 2.80 bits per heavy atom. The van der Waals surface area contributed by atoms with Gasteiger partial charge in [-0.2, -0.15) is 17.4 Å². The fourth-order valence-electron chi connectivity index (χ4n) is 2.31. The molecule has 0 radical (unpaired) electrons. The molecule has 112 valence electrons. The molecule has 0 saturated carbocycles. The molecule has 1 aliphatic rings. The van der Waals surface area contributed by atoms with Gasteiger partial charge in [0, 0.05) is 19.6 Å². The van der Waals surface area contributed by atoms with Crippen molar-refractivity contribution in [1.29, 1.82) is 0 Å². The monoisotopic (exact) mass is 298 g/mol. The first-order valence-electron chi connectivity index (χ1n) is 7.00. The Kier molecular flexibility index (Phi) is 5.39. The predicted molar refractivity (Wildman–Crippen MR) is 78.8 cm³/mol. The Morgan fingerprint density at radius 1 is 1.35 bits per heavy atom. The second kappa shape index (κ2) is 7.06. The van der Waals surface area contributed by atoms with E-state index in [1.165, 1.54) is 4.31 Å². The molecule has 5 nitrogen and oxygen atoms in total. The van der Waals surface area contributed by atoms with Crippen molar-refractivity contribution in [3.05, 3.63) is 30.3 Å². The van der Waals surface area contributed by atoms with E-state index in [0.717, 1.165) is 18.6 Å². The van der Waals surface area contributed by atoms with Gasteiger partial charge in [-0.3, -0.25) is 0 Å². The van der Waals surface area contributed by atoms with Crippen LogP contribution in [0.1, 0.15) is 19.8 Å². The molecule has 1 aliphatic heterocycles. The van der Waals surface area contributed by atoms with Gasteiger partial charge in [-0.15, -0.1) is 0 Å². The zero-order valence-electron chi connectivity index (χ0n) is 11.8. The number of para-hydroxylation sites is 1. The Hall–Kier alpha value is -1.11. The van der Waals surface area contributed by atoms with E-state index >= 15 is 0 Å². The van der Waals surface area contributed by atoms with Crippen LogP contribution in [-0.4, -0.2) is 39.0 Å². The lowest BCUT2D eigenvalue weighted by Gasteiger charge is -2.29. The summed E-state index contributed by atoms with van der Waals surface area (Å²) in [5.74, 6) is 1.18. The van der Waals surface area contributed by atoms with E-state index in [0.29, 0.717) is 25.6 Å². The van der Waals surface area contributed by atoms with Crippen LogP contribution in [0, 0.1) is 5.92 Å². The van der Waals surface area contributed by atoms with Gasteiger partial charge in [-0.25, -0.2) is 0 Å². The average Bonchev–Trinajstić information content (AvgIpc) is 2.45. The fourth-order valence-corrected chi connectivity index (χ4v) is 3.66. The number of hydrogen-bond donors (Lipinski definition) is 1. The van der Waals surface area contributed by atoms with Gasteiger partial charge in [0.1, 0.15) is 12.4 Å². The molecule has 1 saturated heterocycles. The summed E-state index contributed by atoms with van der Waals surface area (Å²) in [6.45, 7) is 3.91. The predicted octanol–water partition coefficient (Wildman–Crippen LogP) is 1.63. The number of piperidine rings is 1. The van der Waals surface area contributed by atoms with E-state index in [1.54, 1.807) is 0 Å². The maximum atomic E-state index is 12.1. The molecule has 6 heteroatoms. The maximum Gasteiger partial charge on any atom is 0.279 e. The van der Waals surface area contributed by atoms with Gasteiger partial charge in [0.05, 0.1) is 0 Å². The van der Waals surface area contributed by atoms with Crippen LogP contribution in [0.3, 0.4) is 0 Å². The van der Waals surface area contributed by atoms with E-state index in [1.807, 2.05) is 30.3 Å². The van der Waals surface area contributed by atoms with E-state index in [-0.39, 0.29) is 6.54 Å². The first-order chi connectivity index (χ1) is 9.58. The molecule has 0 aliphatic carbocycles. The molecule has 0 spiro atoms. The van der Waals surface area contributed by atoms with Crippen LogP contribution in [0.4, 0.5) is 0 Å². The molecule has 0 bridgehead atoms. The van der Waals surface area contributed by atoms with Crippen LogP contribution in [0.15, 0.2) is 30.3 Å². The highest BCUT2D eigenvalue weighted by molar-refractivity contribution is 7.87. The molecule has 20 heavy (non-hydrogen) atoms. The van der Waals surface area contributed by atoms with Crippen molar-refractivity contribution >= 4 is 10.2 Å². The smallest absolute Gasteiger partial charge is 0.279 e. The third kappa shape index (κ3) is 4.47. The molecular formula is C14H22N2O3S. The van der Waals surface area contributed by atoms with Crippen molar-refractivity contribution in [2.75, 3.05) is 26.2 Å². The summed E-state index contributed by atoms with van der Waals surface area (Å²) in [6, 6.07) is 9.37. The highest BCUT2D eigenvalue weighted by atomic mass is 32.2. The minimum absolute atomic E-state index is 0.280. The number of ether oxygens (including phenoxy) is 1. The third-order valence-corrected chi connectivity index (χ3v) is 4.94. The number of rotatable bonds is 6. The first kappa shape index (κ1) is 15.3. The first-order valence-corrected chi connectivity index (χ1v) is 8.44. The zero-order chi connectivity index (χ0) is 14.4. The summed E-state index contributed by atoms with van der Waals surface area (Å²) in [5.41, 5.74) is 0. The van der Waals surface area contributed by atoms with Gasteiger partial charge in [-0.1, -0.05) is 25.1 Å². The average molecular weight is 298 g/mol. The SMILES string of the molecule is CC1CCCN(S(=O)(=O)NCCOc2ccccc2)C1. The number of benzene rings is 1. The van der Waals surface area contributed by atoms with Crippen LogP contribution >= 0.6 is 0 Å². The van der Waals surface area contributed by atoms with Crippen LogP contribution in [0.25, 0.3) is 0 Å². The summed E-state index contributed by atoms with van der Waals surface area (Å²) >= 11 is 0. The van der Waals surface area contributed by atoms with Gasteiger partial charge < -0.3 is 4.74 Å². The van der Waals surface area contributed by atoms with E-state index in [4.69, 9.17) is 4.74 Å². The second-order valence-corrected chi connectivity index (χ2v) is 6.92. The van der Waals surface area contributed by atoms with Crippen molar-refractivity contribution in [3.63, 3.8) is 0 Å². The van der Waals surface area contributed by atoms with E-state index in [2.05, 4.69) is 11.6 Å². The quantitative estimate of drug-likeness (QED) is 0.812. The number of nitrogens with one attached hydrogen (secondary N) is 1. The van der Waals surface area contributed by atoms with Crippen LogP contribution in [-0.2, 0) is 10.2 Å². The largest absolute Gasteiger partial charge is 0.492 e. The topological polar surface area (TPSA) is 58.6 Å². The standard InChI is InChI=1S/C14H22N2O3S/c1-13-6-5-10-16(12-13)20(17,18)15-9-11-19-14-7-3-2-4-8-14/h2-4,7-8,13,15H,5-6,9-12H2,1H3. The molecule has 1 atom stereocenters. The molecule has 1 fully saturated rings. The van der Waals surface area contributed by atoms with Gasteiger partial charge in [0.15, 0.2) is 0 Å². The van der Waals surface area contributed by atoms with Crippen LogP contribution < -0.4 is 9.46 Å². The van der Waals surface area contributed by atoms with Crippen molar-refractivity contribution in [3.8, 4) is 5.75 Å². The summed E-state index contributed by atoms with van der Waals surface area (Å²) in [5, 5.41) is 0. The lowest BCUT2D eigenvalue weighted by atomic mass is 10.0. The number of nitrogens with zero attached hydrogens (tertiary/aromatic N) is 1. The van der Waals surface area contributed by atoms with Gasteiger partial charge in [0.2, 0.25) is 0 Å². The van der Waals surface area contributed by atoms with Gasteiger partial charge >= 0.3 is 0 Å². The van der Waals surface area contributed by atoms with Crippen molar-refractivity contribution in [2.24, 2.45) is 5.92 Å². The fraction of sp³-hybridized carbons (Fsp3) is 0.571. The Labute approximate surface area is 121 Å². The van der Waals surface area contributed by atoms with Crippen molar-refractivity contribution in [1.82, 2.24) is 9.03 Å². The Balaban J connectivity index is 1.75. The molecule has 1 unspecified atom stereocenters. The van der Waals surface area contributed by atoms with Gasteiger partial charge in [-0.05, 0) is 30.9 Å². The maximum absolute atomic E-state index is 12.1. The lowest BCUT2D eigenvalue weighted by molar-refractivity contribution is 0.275. The molecule has 1 aromatic rings. The summed E-state index contributed by atoms with van der Waals surface area (Å²) < 4.78 is 33.8. The molecule has 1 aromatic carbocycles. The van der Waals surface area contributed by atoms with Gasteiger partial charge in [0.25, 0.3) is 10.2 Å². The van der Waals surface area contributed by atoms with Crippen molar-refractivity contribution < 1.29 is 13.2 Å². The zero-order valence-corrected chi connectivity index (χ0v) is 12.6. The van der Waals surface area contributed by atoms with E-state index in [9.17, 15) is 8.42 Å². The molecule has 1 heterocycles. The molecule has 2 rings (SSSR count). The minimum atomic E-state index is -3.37. The third-order valence-electron chi connectivity index (χ3n) is 3.36. The summed E-state index contributed by atoms with van der Waals surface area (Å²) in [4.78, 5) is 0. The number of hydrogen-bond acceptors (Lipinski definition) is 3.